The average molecular weight is 306 g/mol. The van der Waals surface area contributed by atoms with E-state index in [4.69, 9.17) is 9.84 Å². The molecule has 0 spiro atoms. The van der Waals surface area contributed by atoms with Crippen LogP contribution in [0.25, 0.3) is 0 Å². The molecule has 0 aromatic carbocycles. The number of amides is 1. The van der Waals surface area contributed by atoms with Crippen LogP contribution in [0, 0.1) is 0 Å². The molecule has 1 aliphatic rings. The summed E-state index contributed by atoms with van der Waals surface area (Å²) in [5.74, 6) is -0.243. The molecule has 5 atom stereocenters. The summed E-state index contributed by atoms with van der Waals surface area (Å²) >= 11 is 0. The highest BCUT2D eigenvalue weighted by atomic mass is 16.6. The summed E-state index contributed by atoms with van der Waals surface area (Å²) in [6.45, 7) is 1.50. The first kappa shape index (κ1) is 18.3. The van der Waals surface area contributed by atoms with Crippen molar-refractivity contribution in [3.63, 3.8) is 0 Å². The maximum Gasteiger partial charge on any atom is 0.224 e. The lowest BCUT2D eigenvalue weighted by atomic mass is 9.95. The summed E-state index contributed by atoms with van der Waals surface area (Å²) in [6, 6.07) is -1.08. The van der Waals surface area contributed by atoms with Crippen LogP contribution in [-0.4, -0.2) is 94.1 Å². The topological polar surface area (TPSA) is 114 Å². The van der Waals surface area contributed by atoms with E-state index < -0.39 is 37.3 Å². The number of hydrogen-bond acceptors (Lipinski definition) is 7. The van der Waals surface area contributed by atoms with E-state index in [-0.39, 0.29) is 19.0 Å². The van der Waals surface area contributed by atoms with E-state index in [0.717, 1.165) is 0 Å². The Balaban J connectivity index is 2.96. The van der Waals surface area contributed by atoms with Crippen molar-refractivity contribution in [2.75, 3.05) is 27.4 Å². The maximum atomic E-state index is 12.2. The van der Waals surface area contributed by atoms with E-state index in [1.165, 1.54) is 4.90 Å². The zero-order chi connectivity index (χ0) is 16.2. The predicted octanol–water partition coefficient (Wildman–Crippen LogP) is -2.07. The molecule has 2 unspecified atom stereocenters. The van der Waals surface area contributed by atoms with Crippen molar-refractivity contribution in [2.45, 2.75) is 50.4 Å². The number of carbonyl (C=O) groups excluding carboxylic acids is 1. The molecule has 0 aromatic heterocycles. The van der Waals surface area contributed by atoms with Crippen LogP contribution in [0.1, 0.15) is 19.8 Å². The number of ether oxygens (including phenoxy) is 1. The molecule has 8 nitrogen and oxygen atoms in total. The molecule has 4 N–H and O–H groups in total. The Bertz CT molecular complexity index is 341. The van der Waals surface area contributed by atoms with Crippen LogP contribution in [0.2, 0.25) is 0 Å². The van der Waals surface area contributed by atoms with Crippen molar-refractivity contribution in [3.8, 4) is 0 Å². The third-order valence-corrected chi connectivity index (χ3v) is 3.45. The van der Waals surface area contributed by atoms with Crippen molar-refractivity contribution < 1.29 is 30.0 Å². The van der Waals surface area contributed by atoms with Crippen molar-refractivity contribution >= 4 is 5.91 Å². The molecule has 1 aliphatic heterocycles. The lowest BCUT2D eigenvalue weighted by molar-refractivity contribution is -0.272. The predicted molar refractivity (Wildman–Crippen MR) is 74.1 cm³/mol. The van der Waals surface area contributed by atoms with Crippen LogP contribution in [-0.2, 0) is 9.53 Å². The van der Waals surface area contributed by atoms with Gasteiger partial charge in [0.25, 0.3) is 0 Å². The maximum absolute atomic E-state index is 12.2. The normalized spacial score (nSPS) is 33.2. The Hall–Kier alpha value is -0.770. The quantitative estimate of drug-likeness (QED) is 0.417. The lowest BCUT2D eigenvalue weighted by Crippen LogP contribution is -2.66. The minimum absolute atomic E-state index is 0.178. The molecule has 1 fully saturated rings. The highest BCUT2D eigenvalue weighted by Gasteiger charge is 2.47. The summed E-state index contributed by atoms with van der Waals surface area (Å²) in [5.41, 5.74) is 0. The largest absolute Gasteiger partial charge is 0.394 e. The standard InChI is InChI=1S/C13H26N2O6/c1-4-5-9(17)15(7-14(2)3)10-12(19)11(18)8(6-16)21-13(10)20/h8,10-13,16,18-20H,4-7H2,1-3H3/t8-,10?,11-,12-,13?/m1/s1. The van der Waals surface area contributed by atoms with Gasteiger partial charge in [0, 0.05) is 6.42 Å². The highest BCUT2D eigenvalue weighted by Crippen LogP contribution is 2.24. The second-order valence-electron chi connectivity index (χ2n) is 5.55. The van der Waals surface area contributed by atoms with E-state index in [1.54, 1.807) is 19.0 Å². The fraction of sp³-hybridized carbons (Fsp3) is 0.923. The molecule has 0 radical (unpaired) electrons. The number of nitrogens with zero attached hydrogens (tertiary/aromatic N) is 2. The SMILES string of the molecule is CCCC(=O)N(CN(C)C)C1C(O)O[C@H](CO)[C@@H](O)[C@@H]1O. The number of carbonyl (C=O) groups is 1. The Kier molecular flexibility index (Phi) is 6.98. The Labute approximate surface area is 124 Å². The molecule has 0 bridgehead atoms. The van der Waals surface area contributed by atoms with Gasteiger partial charge in [-0.3, -0.25) is 9.69 Å². The molecule has 1 saturated heterocycles. The van der Waals surface area contributed by atoms with Crippen molar-refractivity contribution in [3.05, 3.63) is 0 Å². The number of aliphatic hydroxyl groups excluding tert-OH is 4. The molecule has 0 aromatic rings. The smallest absolute Gasteiger partial charge is 0.224 e. The first-order valence-corrected chi connectivity index (χ1v) is 7.08. The summed E-state index contributed by atoms with van der Waals surface area (Å²) in [4.78, 5) is 15.2. The first-order valence-electron chi connectivity index (χ1n) is 7.08. The number of hydrogen-bond donors (Lipinski definition) is 4. The van der Waals surface area contributed by atoms with Crippen molar-refractivity contribution in [2.24, 2.45) is 0 Å². The van der Waals surface area contributed by atoms with E-state index >= 15 is 0 Å². The van der Waals surface area contributed by atoms with Gasteiger partial charge in [-0.2, -0.15) is 0 Å². The van der Waals surface area contributed by atoms with Gasteiger partial charge in [-0.05, 0) is 20.5 Å². The Morgan fingerprint density at radius 1 is 1.19 bits per heavy atom. The minimum Gasteiger partial charge on any atom is -0.394 e. The fourth-order valence-electron chi connectivity index (χ4n) is 2.42. The van der Waals surface area contributed by atoms with Gasteiger partial charge in [-0.1, -0.05) is 6.92 Å². The number of rotatable bonds is 6. The summed E-state index contributed by atoms with van der Waals surface area (Å²) in [6.07, 6.45) is -4.42. The van der Waals surface area contributed by atoms with Crippen LogP contribution in [0.5, 0.6) is 0 Å². The minimum atomic E-state index is -1.47. The second-order valence-corrected chi connectivity index (χ2v) is 5.55. The van der Waals surface area contributed by atoms with E-state index in [9.17, 15) is 20.1 Å². The van der Waals surface area contributed by atoms with Crippen LogP contribution < -0.4 is 0 Å². The molecule has 21 heavy (non-hydrogen) atoms. The Morgan fingerprint density at radius 2 is 1.81 bits per heavy atom. The van der Waals surface area contributed by atoms with Crippen molar-refractivity contribution in [1.29, 1.82) is 0 Å². The van der Waals surface area contributed by atoms with Gasteiger partial charge < -0.3 is 30.1 Å². The second kappa shape index (κ2) is 8.02. The van der Waals surface area contributed by atoms with Gasteiger partial charge in [0.15, 0.2) is 6.29 Å². The molecule has 8 heteroatoms. The zero-order valence-corrected chi connectivity index (χ0v) is 12.7. The third kappa shape index (κ3) is 4.35. The van der Waals surface area contributed by atoms with Crippen LogP contribution >= 0.6 is 0 Å². The Morgan fingerprint density at radius 3 is 2.29 bits per heavy atom. The first-order chi connectivity index (χ1) is 9.83. The summed E-state index contributed by atoms with van der Waals surface area (Å²) in [7, 11) is 3.50. The van der Waals surface area contributed by atoms with Gasteiger partial charge in [0.2, 0.25) is 5.91 Å². The van der Waals surface area contributed by atoms with Crippen molar-refractivity contribution in [1.82, 2.24) is 9.80 Å². The lowest BCUT2D eigenvalue weighted by Gasteiger charge is -2.45. The number of aliphatic hydroxyl groups is 4. The van der Waals surface area contributed by atoms with Crippen LogP contribution in [0.3, 0.4) is 0 Å². The molecule has 0 saturated carbocycles. The molecule has 1 amide bonds. The van der Waals surface area contributed by atoms with E-state index in [0.29, 0.717) is 6.42 Å². The molecule has 1 rings (SSSR count). The average Bonchev–Trinajstić information content (AvgIpc) is 2.41. The summed E-state index contributed by atoms with van der Waals surface area (Å²) < 4.78 is 5.10. The molecule has 0 aliphatic carbocycles. The molecular formula is C13H26N2O6. The van der Waals surface area contributed by atoms with Gasteiger partial charge in [-0.25, -0.2) is 0 Å². The van der Waals surface area contributed by atoms with Crippen LogP contribution in [0.15, 0.2) is 0 Å². The third-order valence-electron chi connectivity index (χ3n) is 3.45. The van der Waals surface area contributed by atoms with Gasteiger partial charge in [-0.15, -0.1) is 0 Å². The monoisotopic (exact) mass is 306 g/mol. The van der Waals surface area contributed by atoms with Gasteiger partial charge >= 0.3 is 0 Å². The molecule has 124 valence electrons. The molecule has 1 heterocycles. The van der Waals surface area contributed by atoms with Gasteiger partial charge in [0.05, 0.1) is 13.3 Å². The summed E-state index contributed by atoms with van der Waals surface area (Å²) in [5, 5.41) is 39.2. The van der Waals surface area contributed by atoms with Gasteiger partial charge in [0.1, 0.15) is 24.4 Å². The highest BCUT2D eigenvalue weighted by molar-refractivity contribution is 5.76. The molecular weight excluding hydrogens is 280 g/mol. The van der Waals surface area contributed by atoms with Crippen LogP contribution in [0.4, 0.5) is 0 Å². The fourth-order valence-corrected chi connectivity index (χ4v) is 2.42. The zero-order valence-electron chi connectivity index (χ0n) is 12.7. The van der Waals surface area contributed by atoms with E-state index in [2.05, 4.69) is 0 Å². The van der Waals surface area contributed by atoms with E-state index in [1.807, 2.05) is 6.92 Å².